The molecule has 2 aromatic rings. The molecule has 1 fully saturated rings. The molecule has 2 aromatic heterocycles. The van der Waals surface area contributed by atoms with E-state index in [1.54, 1.807) is 37.5 Å². The Labute approximate surface area is 174 Å². The Kier molecular flexibility index (Phi) is 5.00. The zero-order valence-corrected chi connectivity index (χ0v) is 17.5. The lowest BCUT2D eigenvalue weighted by molar-refractivity contribution is -0.173. The van der Waals surface area contributed by atoms with Gasteiger partial charge < -0.3 is 13.9 Å². The number of ketones is 1. The monoisotopic (exact) mass is 411 g/mol. The van der Waals surface area contributed by atoms with Gasteiger partial charge in [-0.15, -0.1) is 0 Å². The first-order valence-electron chi connectivity index (χ1n) is 10.2. The number of nitrogens with zero attached hydrogens (tertiary/aromatic N) is 1. The van der Waals surface area contributed by atoms with Crippen LogP contribution in [0.15, 0.2) is 39.8 Å². The number of pyridine rings is 1. The Bertz CT molecular complexity index is 1040. The van der Waals surface area contributed by atoms with E-state index in [0.717, 1.165) is 0 Å². The summed E-state index contributed by atoms with van der Waals surface area (Å²) in [4.78, 5) is 42.0. The number of carbonyl (C=O) groups is 2. The smallest absolute Gasteiger partial charge is 0.351 e. The van der Waals surface area contributed by atoms with Crippen LogP contribution in [-0.4, -0.2) is 28.4 Å². The molecule has 4 rings (SSSR count). The molecule has 2 unspecified atom stereocenters. The van der Waals surface area contributed by atoms with Crippen molar-refractivity contribution in [2.24, 2.45) is 17.8 Å². The third kappa shape index (κ3) is 3.32. The fourth-order valence-electron chi connectivity index (χ4n) is 4.62. The van der Waals surface area contributed by atoms with E-state index in [1.807, 2.05) is 0 Å². The van der Waals surface area contributed by atoms with Crippen LogP contribution in [-0.2, 0) is 9.53 Å². The van der Waals surface area contributed by atoms with Crippen LogP contribution in [0.5, 0.6) is 5.75 Å². The van der Waals surface area contributed by atoms with Crippen LogP contribution < -0.4 is 10.4 Å². The fourth-order valence-corrected chi connectivity index (χ4v) is 4.62. The van der Waals surface area contributed by atoms with Crippen molar-refractivity contribution in [2.75, 3.05) is 0 Å². The van der Waals surface area contributed by atoms with E-state index in [1.165, 1.54) is 6.92 Å². The highest BCUT2D eigenvalue weighted by Gasteiger charge is 2.57. The second-order valence-electron chi connectivity index (χ2n) is 8.66. The molecule has 2 aliphatic rings. The van der Waals surface area contributed by atoms with Gasteiger partial charge in [0.25, 0.3) is 0 Å². The number of fused-ring (bicyclic) bond motifs is 2. The number of hydrogen-bond acceptors (Lipinski definition) is 7. The van der Waals surface area contributed by atoms with Crippen molar-refractivity contribution >= 4 is 11.8 Å². The van der Waals surface area contributed by atoms with Gasteiger partial charge in [0.05, 0.1) is 5.92 Å². The molecular formula is C23H25NO6. The Morgan fingerprint density at radius 3 is 2.70 bits per heavy atom. The summed E-state index contributed by atoms with van der Waals surface area (Å²) in [6.45, 7) is 7.30. The van der Waals surface area contributed by atoms with Crippen LogP contribution in [0.2, 0.25) is 0 Å². The average molecular weight is 411 g/mol. The summed E-state index contributed by atoms with van der Waals surface area (Å²) in [6.07, 6.45) is 3.75. The summed E-state index contributed by atoms with van der Waals surface area (Å²) in [6, 6.07) is 5.02. The number of ether oxygens (including phenoxy) is 2. The molecule has 3 heterocycles. The van der Waals surface area contributed by atoms with Crippen LogP contribution in [0.1, 0.15) is 50.9 Å². The number of hydrogen-bond donors (Lipinski definition) is 0. The maximum Gasteiger partial charge on any atom is 0.351 e. The topological polar surface area (TPSA) is 95.7 Å². The van der Waals surface area contributed by atoms with E-state index in [2.05, 4.69) is 18.8 Å². The highest BCUT2D eigenvalue weighted by molar-refractivity contribution is 6.02. The van der Waals surface area contributed by atoms with Crippen molar-refractivity contribution in [3.05, 3.63) is 46.6 Å². The van der Waals surface area contributed by atoms with Gasteiger partial charge in [-0.1, -0.05) is 13.8 Å². The van der Waals surface area contributed by atoms with Crippen LogP contribution in [0, 0.1) is 17.8 Å². The summed E-state index contributed by atoms with van der Waals surface area (Å²) >= 11 is 0. The third-order valence-corrected chi connectivity index (χ3v) is 6.39. The first-order valence-corrected chi connectivity index (χ1v) is 10.2. The van der Waals surface area contributed by atoms with Gasteiger partial charge in [-0.25, -0.2) is 4.79 Å². The molecule has 0 amide bonds. The summed E-state index contributed by atoms with van der Waals surface area (Å²) in [7, 11) is 0. The van der Waals surface area contributed by atoms with Gasteiger partial charge in [0, 0.05) is 30.9 Å². The number of rotatable bonds is 3. The molecule has 0 aromatic carbocycles. The molecular weight excluding hydrogens is 386 g/mol. The average Bonchev–Trinajstić information content (AvgIpc) is 2.68. The lowest BCUT2D eigenvalue weighted by Crippen LogP contribution is -2.62. The molecule has 4 atom stereocenters. The van der Waals surface area contributed by atoms with E-state index >= 15 is 0 Å². The maximum atomic E-state index is 13.4. The molecule has 7 heteroatoms. The minimum atomic E-state index is -1.05. The highest BCUT2D eigenvalue weighted by atomic mass is 16.6. The predicted molar refractivity (Wildman–Crippen MR) is 108 cm³/mol. The Morgan fingerprint density at radius 2 is 2.07 bits per heavy atom. The van der Waals surface area contributed by atoms with E-state index in [0.29, 0.717) is 24.3 Å². The van der Waals surface area contributed by atoms with E-state index in [4.69, 9.17) is 13.9 Å². The van der Waals surface area contributed by atoms with E-state index in [-0.39, 0.29) is 28.8 Å². The predicted octanol–water partition coefficient (Wildman–Crippen LogP) is 3.65. The minimum absolute atomic E-state index is 0.0731. The van der Waals surface area contributed by atoms with Crippen LogP contribution in [0.3, 0.4) is 0 Å². The third-order valence-electron chi connectivity index (χ3n) is 6.39. The van der Waals surface area contributed by atoms with Crippen molar-refractivity contribution in [3.8, 4) is 17.1 Å². The molecule has 0 bridgehead atoms. The second-order valence-corrected chi connectivity index (χ2v) is 8.66. The molecule has 7 nitrogen and oxygen atoms in total. The number of aromatic nitrogens is 1. The van der Waals surface area contributed by atoms with Crippen LogP contribution >= 0.6 is 0 Å². The lowest BCUT2D eigenvalue weighted by Gasteiger charge is -2.50. The van der Waals surface area contributed by atoms with Gasteiger partial charge in [-0.3, -0.25) is 14.6 Å². The molecule has 0 radical (unpaired) electrons. The highest BCUT2D eigenvalue weighted by Crippen LogP contribution is 2.49. The summed E-state index contributed by atoms with van der Waals surface area (Å²) in [5.74, 6) is -0.435. The number of esters is 1. The minimum Gasteiger partial charge on any atom is -0.482 e. The van der Waals surface area contributed by atoms with Gasteiger partial charge in [-0.2, -0.15) is 0 Å². The van der Waals surface area contributed by atoms with Crippen LogP contribution in [0.4, 0.5) is 0 Å². The van der Waals surface area contributed by atoms with Gasteiger partial charge >= 0.3 is 11.6 Å². The molecule has 0 N–H and O–H groups in total. The fraction of sp³-hybridized carbons (Fsp3) is 0.478. The Morgan fingerprint density at radius 1 is 1.30 bits per heavy atom. The van der Waals surface area contributed by atoms with Gasteiger partial charge in [0.2, 0.25) is 0 Å². The zero-order valence-electron chi connectivity index (χ0n) is 17.5. The molecule has 1 aliphatic carbocycles. The normalized spacial score (nSPS) is 27.8. The molecule has 1 saturated carbocycles. The Balaban J connectivity index is 1.82. The molecule has 30 heavy (non-hydrogen) atoms. The summed E-state index contributed by atoms with van der Waals surface area (Å²) < 4.78 is 17.4. The molecule has 0 spiro atoms. The Hall–Kier alpha value is -2.96. The summed E-state index contributed by atoms with van der Waals surface area (Å²) in [5, 5.41) is 0. The van der Waals surface area contributed by atoms with Gasteiger partial charge in [0.15, 0.2) is 11.4 Å². The SMILES string of the molecule is CC(=O)O[C@H]1C[C@@H](C(C)C)CC2C(=O)c3c(cc(-c4cccnc4)oc3=O)OC21C. The lowest BCUT2D eigenvalue weighted by atomic mass is 9.64. The van der Waals surface area contributed by atoms with E-state index < -0.39 is 29.2 Å². The number of Topliss-reactive ketones (excluding diaryl/α,β-unsaturated/α-hetero) is 1. The zero-order chi connectivity index (χ0) is 21.6. The van der Waals surface area contributed by atoms with Gasteiger partial charge in [-0.05, 0) is 43.7 Å². The van der Waals surface area contributed by atoms with Crippen molar-refractivity contribution in [1.82, 2.24) is 4.98 Å². The molecule has 158 valence electrons. The van der Waals surface area contributed by atoms with Crippen molar-refractivity contribution in [2.45, 2.75) is 52.2 Å². The second kappa shape index (κ2) is 7.38. The van der Waals surface area contributed by atoms with Crippen molar-refractivity contribution in [3.63, 3.8) is 0 Å². The van der Waals surface area contributed by atoms with E-state index in [9.17, 15) is 14.4 Å². The van der Waals surface area contributed by atoms with Crippen molar-refractivity contribution < 1.29 is 23.5 Å². The quantitative estimate of drug-likeness (QED) is 0.711. The first-order chi connectivity index (χ1) is 14.2. The van der Waals surface area contributed by atoms with Crippen molar-refractivity contribution in [1.29, 1.82) is 0 Å². The summed E-state index contributed by atoms with van der Waals surface area (Å²) in [5.41, 5.74) is -1.26. The number of carbonyl (C=O) groups excluding carboxylic acids is 2. The standard InChI is InChI=1S/C23H25NO6/c1-12(2)15-8-16-21(26)20-18(30-23(16,4)19(9-15)28-13(3)25)10-17(29-22(20)27)14-6-5-7-24-11-14/h5-7,10-12,15-16,19H,8-9H2,1-4H3/t15-,16?,19-,23?/m0/s1. The molecule has 0 saturated heterocycles. The first kappa shape index (κ1) is 20.3. The maximum absolute atomic E-state index is 13.4. The van der Waals surface area contributed by atoms with Gasteiger partial charge in [0.1, 0.15) is 23.2 Å². The largest absolute Gasteiger partial charge is 0.482 e. The molecule has 1 aliphatic heterocycles. The van der Waals surface area contributed by atoms with Crippen LogP contribution in [0.25, 0.3) is 11.3 Å².